The first-order valence-electron chi connectivity index (χ1n) is 5.93. The van der Waals surface area contributed by atoms with Gasteiger partial charge in [0.05, 0.1) is 28.5 Å². The number of aromatic nitrogens is 2. The predicted octanol–water partition coefficient (Wildman–Crippen LogP) is 4.32. The molecule has 0 aliphatic rings. The van der Waals surface area contributed by atoms with E-state index in [9.17, 15) is 13.2 Å². The Kier molecular flexibility index (Phi) is 2.89. The number of fused-ring (bicyclic) bond motifs is 1. The predicted molar refractivity (Wildman–Crippen MR) is 70.0 cm³/mol. The van der Waals surface area contributed by atoms with Crippen molar-refractivity contribution >= 4 is 11.0 Å². The number of rotatable bonds is 1. The number of alkyl halides is 3. The molecular formula is C15H9F3N2. The zero-order valence-electron chi connectivity index (χ0n) is 10.2. The summed E-state index contributed by atoms with van der Waals surface area (Å²) in [6.07, 6.45) is -2.82. The molecular weight excluding hydrogens is 265 g/mol. The van der Waals surface area contributed by atoms with Gasteiger partial charge in [0.25, 0.3) is 0 Å². The molecule has 1 aromatic heterocycles. The largest absolute Gasteiger partial charge is 0.416 e. The molecule has 0 aliphatic carbocycles. The Labute approximate surface area is 112 Å². The maximum Gasteiger partial charge on any atom is 0.416 e. The van der Waals surface area contributed by atoms with Crippen LogP contribution in [0, 0.1) is 0 Å². The van der Waals surface area contributed by atoms with Crippen molar-refractivity contribution in [2.45, 2.75) is 6.18 Å². The molecule has 1 heterocycles. The maximum absolute atomic E-state index is 12.7. The van der Waals surface area contributed by atoms with Gasteiger partial charge in [-0.3, -0.25) is 4.98 Å². The van der Waals surface area contributed by atoms with Crippen molar-refractivity contribution < 1.29 is 13.2 Å². The third kappa shape index (κ3) is 2.34. The number of hydrogen-bond acceptors (Lipinski definition) is 2. The summed E-state index contributed by atoms with van der Waals surface area (Å²) in [5.41, 5.74) is 1.33. The summed E-state index contributed by atoms with van der Waals surface area (Å²) >= 11 is 0. The standard InChI is InChI=1S/C15H9F3N2/c16-15(17,18)11-6-7-12-13(8-11)20-14(9-19-12)10-4-2-1-3-5-10/h1-9H. The summed E-state index contributed by atoms with van der Waals surface area (Å²) in [4.78, 5) is 8.41. The number of halogens is 3. The first kappa shape index (κ1) is 12.6. The van der Waals surface area contributed by atoms with Crippen LogP contribution in [-0.2, 0) is 6.18 Å². The Morgan fingerprint density at radius 1 is 0.850 bits per heavy atom. The van der Waals surface area contributed by atoms with Gasteiger partial charge in [-0.15, -0.1) is 0 Å². The van der Waals surface area contributed by atoms with Gasteiger partial charge in [-0.05, 0) is 18.2 Å². The highest BCUT2D eigenvalue weighted by Gasteiger charge is 2.30. The van der Waals surface area contributed by atoms with Gasteiger partial charge in [-0.2, -0.15) is 13.2 Å². The van der Waals surface area contributed by atoms with E-state index in [-0.39, 0.29) is 5.52 Å². The van der Waals surface area contributed by atoms with Crippen LogP contribution in [0.2, 0.25) is 0 Å². The van der Waals surface area contributed by atoms with Crippen LogP contribution in [0.25, 0.3) is 22.3 Å². The molecule has 0 spiro atoms. The molecule has 2 aromatic carbocycles. The minimum atomic E-state index is -4.38. The van der Waals surface area contributed by atoms with E-state index < -0.39 is 11.7 Å². The lowest BCUT2D eigenvalue weighted by atomic mass is 10.1. The van der Waals surface area contributed by atoms with Crippen LogP contribution < -0.4 is 0 Å². The Hall–Kier alpha value is -2.43. The smallest absolute Gasteiger partial charge is 0.252 e. The van der Waals surface area contributed by atoms with E-state index in [0.29, 0.717) is 11.2 Å². The minimum Gasteiger partial charge on any atom is -0.252 e. The Balaban J connectivity index is 2.14. The fourth-order valence-corrected chi connectivity index (χ4v) is 1.94. The number of hydrogen-bond donors (Lipinski definition) is 0. The molecule has 0 saturated heterocycles. The van der Waals surface area contributed by atoms with Crippen LogP contribution in [0.3, 0.4) is 0 Å². The summed E-state index contributed by atoms with van der Waals surface area (Å²) in [6.45, 7) is 0. The molecule has 2 nitrogen and oxygen atoms in total. The van der Waals surface area contributed by atoms with Gasteiger partial charge >= 0.3 is 6.18 Å². The van der Waals surface area contributed by atoms with Crippen molar-refractivity contribution in [1.82, 2.24) is 9.97 Å². The van der Waals surface area contributed by atoms with Gasteiger partial charge in [0, 0.05) is 5.56 Å². The zero-order chi connectivity index (χ0) is 14.2. The second-order valence-corrected chi connectivity index (χ2v) is 4.32. The Morgan fingerprint density at radius 2 is 1.60 bits per heavy atom. The zero-order valence-corrected chi connectivity index (χ0v) is 10.2. The number of nitrogens with zero attached hydrogens (tertiary/aromatic N) is 2. The molecule has 3 rings (SSSR count). The van der Waals surface area contributed by atoms with Crippen molar-refractivity contribution in [3.63, 3.8) is 0 Å². The van der Waals surface area contributed by atoms with Crippen LogP contribution in [0.15, 0.2) is 54.7 Å². The molecule has 0 aliphatic heterocycles. The first-order chi connectivity index (χ1) is 9.54. The van der Waals surface area contributed by atoms with E-state index in [1.165, 1.54) is 6.07 Å². The van der Waals surface area contributed by atoms with Crippen LogP contribution in [0.1, 0.15) is 5.56 Å². The molecule has 0 atom stereocenters. The average molecular weight is 274 g/mol. The molecule has 20 heavy (non-hydrogen) atoms. The third-order valence-corrected chi connectivity index (χ3v) is 2.94. The SMILES string of the molecule is FC(F)(F)c1ccc2ncc(-c3ccccc3)nc2c1. The molecule has 5 heteroatoms. The van der Waals surface area contributed by atoms with E-state index in [0.717, 1.165) is 17.7 Å². The van der Waals surface area contributed by atoms with E-state index in [2.05, 4.69) is 9.97 Å². The molecule has 100 valence electrons. The second-order valence-electron chi connectivity index (χ2n) is 4.32. The lowest BCUT2D eigenvalue weighted by molar-refractivity contribution is -0.137. The average Bonchev–Trinajstić information content (AvgIpc) is 2.46. The van der Waals surface area contributed by atoms with Crippen molar-refractivity contribution in [3.05, 3.63) is 60.3 Å². The fraction of sp³-hybridized carbons (Fsp3) is 0.0667. The van der Waals surface area contributed by atoms with E-state index in [1.807, 2.05) is 30.3 Å². The first-order valence-corrected chi connectivity index (χ1v) is 5.93. The fourth-order valence-electron chi connectivity index (χ4n) is 1.94. The molecule has 3 aromatic rings. The van der Waals surface area contributed by atoms with Gasteiger partial charge in [0.2, 0.25) is 0 Å². The van der Waals surface area contributed by atoms with E-state index >= 15 is 0 Å². The molecule has 0 fully saturated rings. The highest BCUT2D eigenvalue weighted by molar-refractivity contribution is 5.77. The van der Waals surface area contributed by atoms with Crippen molar-refractivity contribution in [1.29, 1.82) is 0 Å². The molecule has 0 amide bonds. The second kappa shape index (κ2) is 4.59. The van der Waals surface area contributed by atoms with Crippen LogP contribution in [0.5, 0.6) is 0 Å². The maximum atomic E-state index is 12.7. The van der Waals surface area contributed by atoms with Gasteiger partial charge in [0.15, 0.2) is 0 Å². The lowest BCUT2D eigenvalue weighted by Crippen LogP contribution is -2.04. The normalized spacial score (nSPS) is 11.8. The summed E-state index contributed by atoms with van der Waals surface area (Å²) in [6, 6.07) is 12.6. The van der Waals surface area contributed by atoms with Gasteiger partial charge in [-0.1, -0.05) is 30.3 Å². The van der Waals surface area contributed by atoms with Gasteiger partial charge in [0.1, 0.15) is 0 Å². The highest BCUT2D eigenvalue weighted by atomic mass is 19.4. The van der Waals surface area contributed by atoms with Gasteiger partial charge < -0.3 is 0 Å². The lowest BCUT2D eigenvalue weighted by Gasteiger charge is -2.08. The Bertz CT molecular complexity index is 752. The monoisotopic (exact) mass is 274 g/mol. The third-order valence-electron chi connectivity index (χ3n) is 2.94. The molecule has 0 N–H and O–H groups in total. The molecule has 0 bridgehead atoms. The van der Waals surface area contributed by atoms with E-state index in [1.54, 1.807) is 6.20 Å². The van der Waals surface area contributed by atoms with E-state index in [4.69, 9.17) is 0 Å². The summed E-state index contributed by atoms with van der Waals surface area (Å²) in [5, 5.41) is 0. The van der Waals surface area contributed by atoms with Crippen LogP contribution >= 0.6 is 0 Å². The van der Waals surface area contributed by atoms with Crippen LogP contribution in [-0.4, -0.2) is 9.97 Å². The quantitative estimate of drug-likeness (QED) is 0.660. The summed E-state index contributed by atoms with van der Waals surface area (Å²) in [5.74, 6) is 0. The summed E-state index contributed by atoms with van der Waals surface area (Å²) < 4.78 is 38.1. The highest BCUT2D eigenvalue weighted by Crippen LogP contribution is 2.31. The molecule has 0 unspecified atom stereocenters. The Morgan fingerprint density at radius 3 is 2.30 bits per heavy atom. The number of benzene rings is 2. The van der Waals surface area contributed by atoms with Crippen molar-refractivity contribution in [3.8, 4) is 11.3 Å². The van der Waals surface area contributed by atoms with Crippen molar-refractivity contribution in [2.24, 2.45) is 0 Å². The van der Waals surface area contributed by atoms with Gasteiger partial charge in [-0.25, -0.2) is 4.98 Å². The topological polar surface area (TPSA) is 25.8 Å². The van der Waals surface area contributed by atoms with Crippen LogP contribution in [0.4, 0.5) is 13.2 Å². The summed E-state index contributed by atoms with van der Waals surface area (Å²) in [7, 11) is 0. The minimum absolute atomic E-state index is 0.237. The molecule has 0 saturated carbocycles. The molecule has 0 radical (unpaired) electrons. The van der Waals surface area contributed by atoms with Crippen molar-refractivity contribution in [2.75, 3.05) is 0 Å².